The molecule has 0 aliphatic heterocycles. The van der Waals surface area contributed by atoms with E-state index in [0.29, 0.717) is 5.69 Å². The van der Waals surface area contributed by atoms with Gasteiger partial charge in [0.25, 0.3) is 11.6 Å². The lowest BCUT2D eigenvalue weighted by Crippen LogP contribution is -2.27. The standard InChI is InChI=1S/C15H12F3N3O3/c1-9-12(7-8-13(19-9)15(16,17)18)14(22)20(2)10-3-5-11(6-4-10)21(23)24/h3-8H,1-2H3. The van der Waals surface area contributed by atoms with Crippen LogP contribution in [0.4, 0.5) is 24.5 Å². The third-order valence-corrected chi connectivity index (χ3v) is 3.36. The molecule has 6 nitrogen and oxygen atoms in total. The molecule has 0 bridgehead atoms. The first-order valence-corrected chi connectivity index (χ1v) is 6.68. The molecule has 0 fully saturated rings. The van der Waals surface area contributed by atoms with E-state index < -0.39 is 22.7 Å². The fraction of sp³-hybridized carbons (Fsp3) is 0.200. The Hall–Kier alpha value is -2.97. The van der Waals surface area contributed by atoms with E-state index in [4.69, 9.17) is 0 Å². The van der Waals surface area contributed by atoms with Crippen molar-refractivity contribution in [2.24, 2.45) is 0 Å². The number of nitrogens with zero attached hydrogens (tertiary/aromatic N) is 3. The number of benzene rings is 1. The number of nitro benzene ring substituents is 1. The molecule has 0 saturated carbocycles. The Kier molecular flexibility index (Phi) is 4.54. The normalized spacial score (nSPS) is 11.2. The summed E-state index contributed by atoms with van der Waals surface area (Å²) in [6, 6.07) is 7.03. The largest absolute Gasteiger partial charge is 0.433 e. The van der Waals surface area contributed by atoms with Gasteiger partial charge in [-0.25, -0.2) is 4.98 Å². The van der Waals surface area contributed by atoms with Crippen LogP contribution in [0.15, 0.2) is 36.4 Å². The Morgan fingerprint density at radius 1 is 1.17 bits per heavy atom. The lowest BCUT2D eigenvalue weighted by Gasteiger charge is -2.18. The van der Waals surface area contributed by atoms with Gasteiger partial charge in [-0.15, -0.1) is 0 Å². The minimum Gasteiger partial charge on any atom is -0.311 e. The van der Waals surface area contributed by atoms with Crippen LogP contribution in [0, 0.1) is 17.0 Å². The van der Waals surface area contributed by atoms with E-state index in [-0.39, 0.29) is 16.9 Å². The number of pyridine rings is 1. The van der Waals surface area contributed by atoms with Gasteiger partial charge in [-0.2, -0.15) is 13.2 Å². The molecule has 0 saturated heterocycles. The van der Waals surface area contributed by atoms with Gasteiger partial charge in [0.15, 0.2) is 0 Å². The summed E-state index contributed by atoms with van der Waals surface area (Å²) in [5.74, 6) is -0.567. The van der Waals surface area contributed by atoms with E-state index in [9.17, 15) is 28.1 Å². The predicted octanol–water partition coefficient (Wildman–Crippen LogP) is 3.59. The van der Waals surface area contributed by atoms with Gasteiger partial charge in [0.2, 0.25) is 0 Å². The van der Waals surface area contributed by atoms with E-state index in [1.165, 1.54) is 43.1 Å². The molecule has 9 heteroatoms. The van der Waals surface area contributed by atoms with E-state index >= 15 is 0 Å². The van der Waals surface area contributed by atoms with Crippen LogP contribution in [0.25, 0.3) is 0 Å². The summed E-state index contributed by atoms with van der Waals surface area (Å²) in [7, 11) is 1.42. The van der Waals surface area contributed by atoms with Gasteiger partial charge < -0.3 is 4.90 Å². The van der Waals surface area contributed by atoms with Gasteiger partial charge in [0.1, 0.15) is 5.69 Å². The fourth-order valence-electron chi connectivity index (χ4n) is 2.04. The molecule has 1 amide bonds. The number of rotatable bonds is 3. The maximum atomic E-state index is 12.6. The second kappa shape index (κ2) is 6.26. The van der Waals surface area contributed by atoms with Gasteiger partial charge >= 0.3 is 6.18 Å². The second-order valence-corrected chi connectivity index (χ2v) is 4.96. The molecule has 24 heavy (non-hydrogen) atoms. The zero-order valence-electron chi connectivity index (χ0n) is 12.7. The minimum atomic E-state index is -4.59. The van der Waals surface area contributed by atoms with Crippen LogP contribution in [0.1, 0.15) is 21.7 Å². The maximum absolute atomic E-state index is 12.6. The van der Waals surface area contributed by atoms with Crippen LogP contribution < -0.4 is 4.90 Å². The van der Waals surface area contributed by atoms with Crippen LogP contribution in [0.3, 0.4) is 0 Å². The third kappa shape index (κ3) is 3.50. The summed E-state index contributed by atoms with van der Waals surface area (Å²) in [6.07, 6.45) is -4.59. The number of hydrogen-bond donors (Lipinski definition) is 0. The summed E-state index contributed by atoms with van der Waals surface area (Å²) in [5, 5.41) is 10.6. The molecule has 0 aliphatic rings. The van der Waals surface area contributed by atoms with E-state index in [1.807, 2.05) is 0 Å². The summed E-state index contributed by atoms with van der Waals surface area (Å²) >= 11 is 0. The lowest BCUT2D eigenvalue weighted by molar-refractivity contribution is -0.384. The number of halogens is 3. The molecule has 0 N–H and O–H groups in total. The first-order chi connectivity index (χ1) is 11.1. The van der Waals surface area contributed by atoms with Crippen LogP contribution in [-0.2, 0) is 6.18 Å². The van der Waals surface area contributed by atoms with Crippen molar-refractivity contribution in [3.8, 4) is 0 Å². The molecule has 126 valence electrons. The number of nitro groups is 1. The maximum Gasteiger partial charge on any atom is 0.433 e. The fourth-order valence-corrected chi connectivity index (χ4v) is 2.04. The van der Waals surface area contributed by atoms with Crippen LogP contribution >= 0.6 is 0 Å². The Balaban J connectivity index is 2.29. The number of aryl methyl sites for hydroxylation is 1. The molecule has 2 rings (SSSR count). The highest BCUT2D eigenvalue weighted by molar-refractivity contribution is 6.06. The van der Waals surface area contributed by atoms with Crippen LogP contribution in [0.5, 0.6) is 0 Å². The molecule has 2 aromatic rings. The van der Waals surface area contributed by atoms with Crippen molar-refractivity contribution in [1.29, 1.82) is 0 Å². The Labute approximate surface area is 134 Å². The van der Waals surface area contributed by atoms with Crippen molar-refractivity contribution in [3.05, 3.63) is 63.5 Å². The first kappa shape index (κ1) is 17.4. The van der Waals surface area contributed by atoms with E-state index in [0.717, 1.165) is 12.1 Å². The molecular formula is C15H12F3N3O3. The van der Waals surface area contributed by atoms with Crippen molar-refractivity contribution >= 4 is 17.3 Å². The van der Waals surface area contributed by atoms with Crippen molar-refractivity contribution in [2.75, 3.05) is 11.9 Å². The third-order valence-electron chi connectivity index (χ3n) is 3.36. The molecule has 0 radical (unpaired) electrons. The quantitative estimate of drug-likeness (QED) is 0.632. The SMILES string of the molecule is Cc1nc(C(F)(F)F)ccc1C(=O)N(C)c1ccc([N+](=O)[O-])cc1. The van der Waals surface area contributed by atoms with E-state index in [2.05, 4.69) is 4.98 Å². The Morgan fingerprint density at radius 3 is 2.21 bits per heavy atom. The molecule has 1 aromatic heterocycles. The Bertz CT molecular complexity index is 789. The zero-order chi connectivity index (χ0) is 18.1. The average molecular weight is 339 g/mol. The van der Waals surface area contributed by atoms with Crippen LogP contribution in [-0.4, -0.2) is 22.9 Å². The molecule has 1 aromatic carbocycles. The molecule has 0 aliphatic carbocycles. The van der Waals surface area contributed by atoms with Gasteiger partial charge in [-0.1, -0.05) is 0 Å². The first-order valence-electron chi connectivity index (χ1n) is 6.68. The summed E-state index contributed by atoms with van der Waals surface area (Å²) in [5.41, 5.74) is -0.876. The van der Waals surface area contributed by atoms with E-state index in [1.54, 1.807) is 0 Å². The molecule has 0 atom stereocenters. The van der Waals surface area contributed by atoms with Crippen molar-refractivity contribution in [2.45, 2.75) is 13.1 Å². The lowest BCUT2D eigenvalue weighted by atomic mass is 10.1. The minimum absolute atomic E-state index is 0.0175. The molecule has 0 spiro atoms. The van der Waals surface area contributed by atoms with Crippen molar-refractivity contribution in [1.82, 2.24) is 4.98 Å². The van der Waals surface area contributed by atoms with Crippen molar-refractivity contribution in [3.63, 3.8) is 0 Å². The topological polar surface area (TPSA) is 76.3 Å². The highest BCUT2D eigenvalue weighted by Crippen LogP contribution is 2.28. The van der Waals surface area contributed by atoms with Crippen molar-refractivity contribution < 1.29 is 22.9 Å². The number of carbonyl (C=O) groups excluding carboxylic acids is 1. The number of anilines is 1. The van der Waals surface area contributed by atoms with Gasteiger partial charge in [0.05, 0.1) is 16.2 Å². The summed E-state index contributed by atoms with van der Waals surface area (Å²) in [4.78, 5) is 27.1. The number of alkyl halides is 3. The molecular weight excluding hydrogens is 327 g/mol. The predicted molar refractivity (Wildman–Crippen MR) is 79.8 cm³/mol. The van der Waals surface area contributed by atoms with Gasteiger partial charge in [-0.3, -0.25) is 14.9 Å². The highest BCUT2D eigenvalue weighted by Gasteiger charge is 2.33. The highest BCUT2D eigenvalue weighted by atomic mass is 19.4. The number of hydrogen-bond acceptors (Lipinski definition) is 4. The summed E-state index contributed by atoms with van der Waals surface area (Å²) < 4.78 is 37.8. The molecule has 1 heterocycles. The number of amides is 1. The second-order valence-electron chi connectivity index (χ2n) is 4.96. The number of carbonyl (C=O) groups is 1. The number of aromatic nitrogens is 1. The Morgan fingerprint density at radius 2 is 1.75 bits per heavy atom. The van der Waals surface area contributed by atoms with Gasteiger partial charge in [0, 0.05) is 24.9 Å². The van der Waals surface area contributed by atoms with Crippen LogP contribution in [0.2, 0.25) is 0 Å². The smallest absolute Gasteiger partial charge is 0.311 e. The monoisotopic (exact) mass is 339 g/mol. The zero-order valence-corrected chi connectivity index (χ0v) is 12.7. The summed E-state index contributed by atoms with van der Waals surface area (Å²) in [6.45, 7) is 1.31. The molecule has 0 unspecified atom stereocenters. The number of non-ortho nitro benzene ring substituents is 1. The average Bonchev–Trinajstić information content (AvgIpc) is 2.52. The van der Waals surface area contributed by atoms with Gasteiger partial charge in [-0.05, 0) is 31.2 Å².